The van der Waals surface area contributed by atoms with E-state index in [9.17, 15) is 5.11 Å². The van der Waals surface area contributed by atoms with Crippen LogP contribution in [0.15, 0.2) is 6.07 Å². The van der Waals surface area contributed by atoms with Crippen LogP contribution in [0.4, 0.5) is 0 Å². The summed E-state index contributed by atoms with van der Waals surface area (Å²) >= 11 is 6.25. The third-order valence-corrected chi connectivity index (χ3v) is 3.45. The monoisotopic (exact) mass is 303 g/mol. The first-order valence-electron chi connectivity index (χ1n) is 6.27. The molecule has 114 valence electrons. The molecule has 20 heavy (non-hydrogen) atoms. The van der Waals surface area contributed by atoms with E-state index < -0.39 is 0 Å². The number of aliphatic hydroxyl groups is 1. The van der Waals surface area contributed by atoms with Gasteiger partial charge in [0.05, 0.1) is 26.4 Å². The lowest BCUT2D eigenvalue weighted by molar-refractivity contribution is 0.206. The second kappa shape index (κ2) is 7.57. The summed E-state index contributed by atoms with van der Waals surface area (Å²) in [5.74, 6) is 1.47. The first-order valence-corrected chi connectivity index (χ1v) is 6.65. The molecule has 0 radical (unpaired) electrons. The predicted molar refractivity (Wildman–Crippen MR) is 79.2 cm³/mol. The maximum atomic E-state index is 9.25. The largest absolute Gasteiger partial charge is 0.492 e. The minimum Gasteiger partial charge on any atom is -0.492 e. The Kier molecular flexibility index (Phi) is 6.39. The molecule has 0 aromatic heterocycles. The zero-order valence-corrected chi connectivity index (χ0v) is 13.3. The van der Waals surface area contributed by atoms with Crippen molar-refractivity contribution in [2.24, 2.45) is 0 Å². The van der Waals surface area contributed by atoms with Crippen molar-refractivity contribution in [2.75, 3.05) is 42.0 Å². The van der Waals surface area contributed by atoms with Crippen LogP contribution < -0.4 is 14.2 Å². The van der Waals surface area contributed by atoms with Gasteiger partial charge in [-0.25, -0.2) is 0 Å². The lowest BCUT2D eigenvalue weighted by Crippen LogP contribution is -2.22. The molecule has 1 aromatic carbocycles. The molecule has 0 aliphatic heterocycles. The van der Waals surface area contributed by atoms with E-state index in [-0.39, 0.29) is 12.6 Å². The SMILES string of the molecule is COc1c(Cl)cc(C(CCO)N(C)C)c(OC)c1OC. The minimum absolute atomic E-state index is 0.0349. The number of hydrogen-bond acceptors (Lipinski definition) is 5. The summed E-state index contributed by atoms with van der Waals surface area (Å²) in [5.41, 5.74) is 0.856. The molecule has 1 unspecified atom stereocenters. The van der Waals surface area contributed by atoms with E-state index in [1.807, 2.05) is 19.0 Å². The van der Waals surface area contributed by atoms with Crippen molar-refractivity contribution in [3.05, 3.63) is 16.7 Å². The lowest BCUT2D eigenvalue weighted by atomic mass is 10.0. The highest BCUT2D eigenvalue weighted by Crippen LogP contribution is 2.47. The van der Waals surface area contributed by atoms with Crippen molar-refractivity contribution in [3.63, 3.8) is 0 Å². The Balaban J connectivity index is 3.49. The second-order valence-electron chi connectivity index (χ2n) is 4.54. The van der Waals surface area contributed by atoms with Gasteiger partial charge >= 0.3 is 0 Å². The summed E-state index contributed by atoms with van der Waals surface area (Å²) in [6, 6.07) is 1.76. The van der Waals surface area contributed by atoms with Gasteiger partial charge in [0.1, 0.15) is 0 Å². The van der Waals surface area contributed by atoms with Crippen molar-refractivity contribution in [2.45, 2.75) is 12.5 Å². The van der Waals surface area contributed by atoms with Crippen molar-refractivity contribution in [3.8, 4) is 17.2 Å². The molecule has 0 aliphatic carbocycles. The third kappa shape index (κ3) is 3.29. The van der Waals surface area contributed by atoms with E-state index in [4.69, 9.17) is 25.8 Å². The Morgan fingerprint density at radius 3 is 2.05 bits per heavy atom. The maximum absolute atomic E-state index is 9.25. The number of benzene rings is 1. The van der Waals surface area contributed by atoms with Crippen LogP contribution in [0.25, 0.3) is 0 Å². The number of methoxy groups -OCH3 is 3. The molecule has 0 saturated heterocycles. The quantitative estimate of drug-likeness (QED) is 0.838. The first-order chi connectivity index (χ1) is 9.51. The number of aliphatic hydroxyl groups excluding tert-OH is 1. The van der Waals surface area contributed by atoms with Crippen molar-refractivity contribution in [1.82, 2.24) is 4.90 Å². The highest BCUT2D eigenvalue weighted by Gasteiger charge is 2.25. The van der Waals surface area contributed by atoms with Crippen molar-refractivity contribution in [1.29, 1.82) is 0 Å². The van der Waals surface area contributed by atoms with Gasteiger partial charge in [-0.1, -0.05) is 11.6 Å². The van der Waals surface area contributed by atoms with E-state index in [0.29, 0.717) is 28.7 Å². The number of hydrogen-bond donors (Lipinski definition) is 1. The number of nitrogens with zero attached hydrogens (tertiary/aromatic N) is 1. The van der Waals surface area contributed by atoms with Crippen molar-refractivity contribution >= 4 is 11.6 Å². The van der Waals surface area contributed by atoms with E-state index >= 15 is 0 Å². The Morgan fingerprint density at radius 2 is 1.65 bits per heavy atom. The van der Waals surface area contributed by atoms with Gasteiger partial charge in [0.15, 0.2) is 11.5 Å². The fourth-order valence-electron chi connectivity index (χ4n) is 2.26. The van der Waals surface area contributed by atoms with Gasteiger partial charge < -0.3 is 24.2 Å². The molecule has 0 aliphatic rings. The molecule has 0 fully saturated rings. The van der Waals surface area contributed by atoms with Gasteiger partial charge in [-0.2, -0.15) is 0 Å². The minimum atomic E-state index is -0.0349. The number of halogens is 1. The summed E-state index contributed by atoms with van der Waals surface area (Å²) in [7, 11) is 8.51. The van der Waals surface area contributed by atoms with Crippen LogP contribution in [0.5, 0.6) is 17.2 Å². The molecule has 0 saturated carbocycles. The van der Waals surface area contributed by atoms with Crippen LogP contribution in [-0.4, -0.2) is 52.0 Å². The summed E-state index contributed by atoms with van der Waals surface area (Å²) in [6.45, 7) is 0.0674. The summed E-state index contributed by atoms with van der Waals surface area (Å²) in [6.07, 6.45) is 0.565. The van der Waals surface area contributed by atoms with Gasteiger partial charge in [-0.3, -0.25) is 0 Å². The average molecular weight is 304 g/mol. The highest BCUT2D eigenvalue weighted by molar-refractivity contribution is 6.32. The second-order valence-corrected chi connectivity index (χ2v) is 4.95. The van der Waals surface area contributed by atoms with Crippen LogP contribution in [0, 0.1) is 0 Å². The molecule has 0 heterocycles. The van der Waals surface area contributed by atoms with Crippen LogP contribution in [0.1, 0.15) is 18.0 Å². The molecule has 1 N–H and O–H groups in total. The highest BCUT2D eigenvalue weighted by atomic mass is 35.5. The zero-order valence-electron chi connectivity index (χ0n) is 12.6. The summed E-state index contributed by atoms with van der Waals surface area (Å²) in [5, 5.41) is 9.70. The van der Waals surface area contributed by atoms with E-state index in [1.54, 1.807) is 13.2 Å². The van der Waals surface area contributed by atoms with E-state index in [1.165, 1.54) is 14.2 Å². The van der Waals surface area contributed by atoms with E-state index in [0.717, 1.165) is 5.56 Å². The molecule has 0 spiro atoms. The predicted octanol–water partition coefficient (Wildman–Crippen LogP) is 2.35. The fourth-order valence-corrected chi connectivity index (χ4v) is 2.54. The molecule has 0 bridgehead atoms. The first kappa shape index (κ1) is 16.9. The van der Waals surface area contributed by atoms with Crippen LogP contribution in [0.3, 0.4) is 0 Å². The van der Waals surface area contributed by atoms with Gasteiger partial charge in [0, 0.05) is 18.2 Å². The topological polar surface area (TPSA) is 51.2 Å². The molecule has 5 nitrogen and oxygen atoms in total. The van der Waals surface area contributed by atoms with Crippen molar-refractivity contribution < 1.29 is 19.3 Å². The number of ether oxygens (including phenoxy) is 3. The number of rotatable bonds is 7. The fraction of sp³-hybridized carbons (Fsp3) is 0.571. The molecule has 1 aromatic rings. The van der Waals surface area contributed by atoms with Crippen LogP contribution >= 0.6 is 11.6 Å². The average Bonchev–Trinajstić information content (AvgIpc) is 2.42. The molecule has 6 heteroatoms. The van der Waals surface area contributed by atoms with E-state index in [2.05, 4.69) is 0 Å². The molecule has 0 amide bonds. The third-order valence-electron chi connectivity index (χ3n) is 3.17. The Labute approximate surface area is 125 Å². The van der Waals surface area contributed by atoms with Gasteiger partial charge in [0.2, 0.25) is 5.75 Å². The van der Waals surface area contributed by atoms with Crippen LogP contribution in [0.2, 0.25) is 5.02 Å². The Morgan fingerprint density at radius 1 is 1.10 bits per heavy atom. The Bertz CT molecular complexity index is 451. The molecular weight excluding hydrogens is 282 g/mol. The Hall–Kier alpha value is -1.17. The zero-order chi connectivity index (χ0) is 15.3. The van der Waals surface area contributed by atoms with Gasteiger partial charge in [0.25, 0.3) is 0 Å². The lowest BCUT2D eigenvalue weighted by Gasteiger charge is -2.27. The van der Waals surface area contributed by atoms with Gasteiger partial charge in [-0.05, 0) is 26.6 Å². The molecule has 1 atom stereocenters. The van der Waals surface area contributed by atoms with Crippen LogP contribution in [-0.2, 0) is 0 Å². The van der Waals surface area contributed by atoms with Gasteiger partial charge in [-0.15, -0.1) is 0 Å². The molecule has 1 rings (SSSR count). The molecular formula is C14H22ClNO4. The maximum Gasteiger partial charge on any atom is 0.205 e. The normalized spacial score (nSPS) is 12.4. The summed E-state index contributed by atoms with van der Waals surface area (Å²) < 4.78 is 16.1. The smallest absolute Gasteiger partial charge is 0.205 e. The summed E-state index contributed by atoms with van der Waals surface area (Å²) in [4.78, 5) is 2.00. The standard InChI is InChI=1S/C14H22ClNO4/c1-16(2)11(6-7-17)9-8-10(15)13(19-4)14(20-5)12(9)18-3/h8,11,17H,6-7H2,1-5H3.